The van der Waals surface area contributed by atoms with Crippen molar-refractivity contribution in [1.29, 1.82) is 0 Å². The second-order valence-electron chi connectivity index (χ2n) is 7.23. The molecule has 0 bridgehead atoms. The summed E-state index contributed by atoms with van der Waals surface area (Å²) in [5, 5.41) is 11.2. The Hall–Kier alpha value is -3.51. The normalized spacial score (nSPS) is 16.2. The Bertz CT molecular complexity index is 1160. The lowest BCUT2D eigenvalue weighted by Gasteiger charge is -2.21. The fraction of sp³-hybridized carbons (Fsp3) is 0.154. The van der Waals surface area contributed by atoms with E-state index < -0.39 is 0 Å². The SMILES string of the molecule is CCN(CC)c1ccc(/C=C2\SC(=Nc3ccccc3)N(c3ccccc3)C2=O)c(O)c1. The number of amidine groups is 1. The molecule has 1 heterocycles. The lowest BCUT2D eigenvalue weighted by molar-refractivity contribution is -0.113. The molecule has 1 amide bonds. The van der Waals surface area contributed by atoms with E-state index in [1.54, 1.807) is 17.0 Å². The molecule has 5 nitrogen and oxygen atoms in total. The number of para-hydroxylation sites is 2. The molecule has 6 heteroatoms. The zero-order valence-electron chi connectivity index (χ0n) is 18.1. The van der Waals surface area contributed by atoms with E-state index in [1.807, 2.05) is 72.8 Å². The van der Waals surface area contributed by atoms with Gasteiger partial charge in [0.05, 0.1) is 16.3 Å². The van der Waals surface area contributed by atoms with E-state index in [4.69, 9.17) is 4.99 Å². The van der Waals surface area contributed by atoms with Gasteiger partial charge in [0.2, 0.25) is 0 Å². The summed E-state index contributed by atoms with van der Waals surface area (Å²) in [4.78, 5) is 22.4. The number of benzene rings is 3. The summed E-state index contributed by atoms with van der Waals surface area (Å²) in [6.45, 7) is 5.87. The van der Waals surface area contributed by atoms with E-state index in [0.29, 0.717) is 15.6 Å². The Balaban J connectivity index is 1.72. The first-order chi connectivity index (χ1) is 15.6. The van der Waals surface area contributed by atoms with Crippen molar-refractivity contribution in [2.45, 2.75) is 13.8 Å². The highest BCUT2D eigenvalue weighted by molar-refractivity contribution is 8.19. The summed E-state index contributed by atoms with van der Waals surface area (Å²) in [5.74, 6) is -0.0156. The fourth-order valence-electron chi connectivity index (χ4n) is 3.55. The van der Waals surface area contributed by atoms with Gasteiger partial charge in [-0.15, -0.1) is 0 Å². The number of amides is 1. The molecule has 0 unspecified atom stereocenters. The Labute approximate surface area is 192 Å². The maximum absolute atomic E-state index is 13.4. The van der Waals surface area contributed by atoms with Gasteiger partial charge < -0.3 is 10.0 Å². The molecule has 0 spiro atoms. The fourth-order valence-corrected chi connectivity index (χ4v) is 4.54. The molecular formula is C26H25N3O2S. The van der Waals surface area contributed by atoms with Gasteiger partial charge in [0.15, 0.2) is 5.17 Å². The largest absolute Gasteiger partial charge is 0.507 e. The monoisotopic (exact) mass is 443 g/mol. The molecule has 1 aliphatic heterocycles. The molecule has 3 aromatic rings. The molecule has 0 aromatic heterocycles. The van der Waals surface area contributed by atoms with Crippen LogP contribution in [0.5, 0.6) is 5.75 Å². The van der Waals surface area contributed by atoms with Gasteiger partial charge in [-0.1, -0.05) is 36.4 Å². The molecule has 32 heavy (non-hydrogen) atoms. The zero-order valence-corrected chi connectivity index (χ0v) is 18.9. The molecule has 0 saturated carbocycles. The first-order valence-corrected chi connectivity index (χ1v) is 11.4. The van der Waals surface area contributed by atoms with E-state index in [1.165, 1.54) is 11.8 Å². The van der Waals surface area contributed by atoms with Gasteiger partial charge in [0.25, 0.3) is 5.91 Å². The number of aromatic hydroxyl groups is 1. The highest BCUT2D eigenvalue weighted by atomic mass is 32.2. The van der Waals surface area contributed by atoms with Gasteiger partial charge in [-0.05, 0) is 68.1 Å². The van der Waals surface area contributed by atoms with Crippen LogP contribution in [0.4, 0.5) is 17.1 Å². The van der Waals surface area contributed by atoms with Gasteiger partial charge >= 0.3 is 0 Å². The molecule has 0 atom stereocenters. The third kappa shape index (κ3) is 4.55. The summed E-state index contributed by atoms with van der Waals surface area (Å²) < 4.78 is 0. The van der Waals surface area contributed by atoms with Crippen LogP contribution >= 0.6 is 11.8 Å². The van der Waals surface area contributed by atoms with Crippen molar-refractivity contribution >= 4 is 46.0 Å². The minimum Gasteiger partial charge on any atom is -0.507 e. The number of nitrogens with zero attached hydrogens (tertiary/aromatic N) is 3. The first kappa shape index (κ1) is 21.7. The number of hydrogen-bond donors (Lipinski definition) is 1. The maximum atomic E-state index is 13.4. The summed E-state index contributed by atoms with van der Waals surface area (Å²) in [5.41, 5.74) is 3.09. The predicted octanol–water partition coefficient (Wildman–Crippen LogP) is 6.05. The Morgan fingerprint density at radius 1 is 0.969 bits per heavy atom. The molecule has 1 fully saturated rings. The smallest absolute Gasteiger partial charge is 0.271 e. The molecular weight excluding hydrogens is 418 g/mol. The predicted molar refractivity (Wildman–Crippen MR) is 135 cm³/mol. The van der Waals surface area contributed by atoms with E-state index in [2.05, 4.69) is 18.7 Å². The van der Waals surface area contributed by atoms with Crippen molar-refractivity contribution in [3.8, 4) is 5.75 Å². The van der Waals surface area contributed by atoms with Crippen molar-refractivity contribution in [1.82, 2.24) is 0 Å². The van der Waals surface area contributed by atoms with Gasteiger partial charge in [0.1, 0.15) is 5.75 Å². The van der Waals surface area contributed by atoms with Gasteiger partial charge in [0, 0.05) is 30.4 Å². The van der Waals surface area contributed by atoms with E-state index >= 15 is 0 Å². The average molecular weight is 444 g/mol. The van der Waals surface area contributed by atoms with Crippen LogP contribution in [0.25, 0.3) is 6.08 Å². The Morgan fingerprint density at radius 3 is 2.25 bits per heavy atom. The van der Waals surface area contributed by atoms with E-state index in [9.17, 15) is 9.90 Å². The molecule has 0 aliphatic carbocycles. The van der Waals surface area contributed by atoms with Gasteiger partial charge in [-0.3, -0.25) is 9.69 Å². The average Bonchev–Trinajstić information content (AvgIpc) is 3.12. The van der Waals surface area contributed by atoms with Crippen molar-refractivity contribution in [2.75, 3.05) is 22.9 Å². The Morgan fingerprint density at radius 2 is 1.62 bits per heavy atom. The molecule has 4 rings (SSSR count). The second-order valence-corrected chi connectivity index (χ2v) is 8.24. The van der Waals surface area contributed by atoms with Crippen molar-refractivity contribution in [2.24, 2.45) is 4.99 Å². The zero-order chi connectivity index (χ0) is 22.5. The lowest BCUT2D eigenvalue weighted by Crippen LogP contribution is -2.28. The highest BCUT2D eigenvalue weighted by Gasteiger charge is 2.34. The maximum Gasteiger partial charge on any atom is 0.271 e. The van der Waals surface area contributed by atoms with Gasteiger partial charge in [-0.2, -0.15) is 0 Å². The van der Waals surface area contributed by atoms with E-state index in [0.717, 1.165) is 30.2 Å². The topological polar surface area (TPSA) is 56.1 Å². The number of aliphatic imine (C=N–C) groups is 1. The molecule has 0 radical (unpaired) electrons. The third-order valence-electron chi connectivity index (χ3n) is 5.23. The van der Waals surface area contributed by atoms with Crippen LogP contribution < -0.4 is 9.80 Å². The lowest BCUT2D eigenvalue weighted by atomic mass is 10.1. The van der Waals surface area contributed by atoms with Crippen LogP contribution in [-0.2, 0) is 4.79 Å². The number of carbonyl (C=O) groups is 1. The third-order valence-corrected chi connectivity index (χ3v) is 6.20. The molecule has 3 aromatic carbocycles. The number of phenols is 1. The van der Waals surface area contributed by atoms with Crippen molar-refractivity contribution in [3.05, 3.63) is 89.3 Å². The van der Waals surface area contributed by atoms with Crippen LogP contribution in [0.2, 0.25) is 0 Å². The Kier molecular flexibility index (Phi) is 6.61. The quantitative estimate of drug-likeness (QED) is 0.472. The van der Waals surface area contributed by atoms with Crippen molar-refractivity contribution in [3.63, 3.8) is 0 Å². The molecule has 1 N–H and O–H groups in total. The number of phenolic OH excluding ortho intramolecular Hbond substituents is 1. The minimum absolute atomic E-state index is 0.148. The molecule has 1 saturated heterocycles. The van der Waals surface area contributed by atoms with Crippen LogP contribution in [0.15, 0.2) is 88.8 Å². The van der Waals surface area contributed by atoms with Crippen molar-refractivity contribution < 1.29 is 9.90 Å². The summed E-state index contributed by atoms with van der Waals surface area (Å²) >= 11 is 1.31. The number of carbonyl (C=O) groups excluding carboxylic acids is 1. The minimum atomic E-state index is -0.164. The standard InChI is InChI=1S/C26H25N3O2S/c1-3-28(4-2)22-16-15-19(23(30)18-22)17-24-25(31)29(21-13-9-6-10-14-21)26(32-24)27-20-11-7-5-8-12-20/h5-18,30H,3-4H2,1-2H3/b24-17-,27-26?. The summed E-state index contributed by atoms with van der Waals surface area (Å²) in [7, 11) is 0. The first-order valence-electron chi connectivity index (χ1n) is 10.6. The summed E-state index contributed by atoms with van der Waals surface area (Å²) in [6, 6.07) is 24.6. The van der Waals surface area contributed by atoms with Crippen LogP contribution in [-0.4, -0.2) is 29.3 Å². The number of anilines is 2. The van der Waals surface area contributed by atoms with Crippen LogP contribution in [0.1, 0.15) is 19.4 Å². The molecule has 162 valence electrons. The van der Waals surface area contributed by atoms with Gasteiger partial charge in [-0.25, -0.2) is 4.99 Å². The second kappa shape index (κ2) is 9.75. The number of rotatable bonds is 6. The summed E-state index contributed by atoms with van der Waals surface area (Å²) in [6.07, 6.45) is 1.73. The molecule has 1 aliphatic rings. The number of thioether (sulfide) groups is 1. The van der Waals surface area contributed by atoms with Crippen LogP contribution in [0, 0.1) is 0 Å². The van der Waals surface area contributed by atoms with E-state index in [-0.39, 0.29) is 11.7 Å². The number of hydrogen-bond acceptors (Lipinski definition) is 5. The van der Waals surface area contributed by atoms with Crippen LogP contribution in [0.3, 0.4) is 0 Å². The highest BCUT2D eigenvalue weighted by Crippen LogP contribution is 2.38.